The van der Waals surface area contributed by atoms with Crippen LogP contribution in [-0.4, -0.2) is 46.6 Å². The minimum absolute atomic E-state index is 0.145. The molecule has 0 amide bonds. The van der Waals surface area contributed by atoms with Crippen LogP contribution in [0.15, 0.2) is 24.4 Å². The fraction of sp³-hybridized carbons (Fsp3) is 0.438. The Bertz CT molecular complexity index is 857. The maximum Gasteiger partial charge on any atom is 0.165 e. The van der Waals surface area contributed by atoms with Crippen LogP contribution in [0.2, 0.25) is 0 Å². The third-order valence-electron chi connectivity index (χ3n) is 4.19. The molecule has 1 aliphatic heterocycles. The van der Waals surface area contributed by atoms with Gasteiger partial charge in [0, 0.05) is 42.9 Å². The first-order valence-electron chi connectivity index (χ1n) is 7.62. The molecule has 6 nitrogen and oxygen atoms in total. The molecule has 1 aliphatic rings. The number of methoxy groups -OCH3 is 1. The summed E-state index contributed by atoms with van der Waals surface area (Å²) in [4.78, 5) is 4.22. The van der Waals surface area contributed by atoms with Crippen molar-refractivity contribution in [2.24, 2.45) is 5.92 Å². The molecule has 1 aromatic heterocycles. The minimum Gasteiger partial charge on any atom is -0.494 e. The third kappa shape index (κ3) is 3.44. The average molecular weight is 353 g/mol. The Kier molecular flexibility index (Phi) is 4.60. The van der Waals surface area contributed by atoms with E-state index in [2.05, 4.69) is 4.98 Å². The normalized spacial score (nSPS) is 20.9. The number of hydrogen-bond acceptors (Lipinski definition) is 5. The van der Waals surface area contributed by atoms with Crippen LogP contribution in [0.1, 0.15) is 6.42 Å². The Morgan fingerprint density at radius 2 is 2.25 bits per heavy atom. The predicted octanol–water partition coefficient (Wildman–Crippen LogP) is 2.67. The summed E-state index contributed by atoms with van der Waals surface area (Å²) in [5.74, 6) is 0.437. The SMILES string of the molecule is COc1cc2nccc(OC[C@H]3CCN([S@@](C)(=N)=O)C3)c2cc1F. The van der Waals surface area contributed by atoms with Gasteiger partial charge in [-0.15, -0.1) is 0 Å². The molecule has 0 saturated carbocycles. The summed E-state index contributed by atoms with van der Waals surface area (Å²) in [6.07, 6.45) is 3.87. The predicted molar refractivity (Wildman–Crippen MR) is 90.2 cm³/mol. The number of halogens is 1. The summed E-state index contributed by atoms with van der Waals surface area (Å²) >= 11 is 0. The van der Waals surface area contributed by atoms with Gasteiger partial charge in [-0.25, -0.2) is 17.7 Å². The first-order chi connectivity index (χ1) is 11.4. The fourth-order valence-corrected chi connectivity index (χ4v) is 3.81. The van der Waals surface area contributed by atoms with Crippen molar-refractivity contribution in [3.8, 4) is 11.5 Å². The van der Waals surface area contributed by atoms with E-state index >= 15 is 0 Å². The van der Waals surface area contributed by atoms with Gasteiger partial charge in [0.1, 0.15) is 15.7 Å². The first kappa shape index (κ1) is 16.9. The molecule has 0 unspecified atom stereocenters. The standard InChI is InChI=1S/C16H20FN3O3S/c1-22-16-8-14-12(7-13(16)17)15(3-5-19-14)23-10-11-4-6-20(9-11)24(2,18)21/h3,5,7-8,11,18H,4,6,9-10H2,1-2H3/t11-,24+/m0/s1. The Labute approximate surface area is 140 Å². The zero-order valence-electron chi connectivity index (χ0n) is 13.6. The fourth-order valence-electron chi connectivity index (χ4n) is 2.86. The van der Waals surface area contributed by atoms with Crippen molar-refractivity contribution >= 4 is 20.8 Å². The van der Waals surface area contributed by atoms with Crippen molar-refractivity contribution < 1.29 is 18.1 Å². The van der Waals surface area contributed by atoms with Gasteiger partial charge in [-0.05, 0) is 18.6 Å². The maximum atomic E-state index is 14.0. The number of benzene rings is 1. The highest BCUT2D eigenvalue weighted by Gasteiger charge is 2.27. The molecular weight excluding hydrogens is 333 g/mol. The number of nitrogens with one attached hydrogen (secondary N) is 1. The van der Waals surface area contributed by atoms with Gasteiger partial charge in [-0.2, -0.15) is 0 Å². The van der Waals surface area contributed by atoms with Gasteiger partial charge in [0.25, 0.3) is 0 Å². The molecule has 24 heavy (non-hydrogen) atoms. The lowest BCUT2D eigenvalue weighted by molar-refractivity contribution is 0.258. The molecule has 2 heterocycles. The van der Waals surface area contributed by atoms with Crippen LogP contribution < -0.4 is 9.47 Å². The second kappa shape index (κ2) is 6.52. The number of pyridine rings is 1. The quantitative estimate of drug-likeness (QED) is 0.897. The number of rotatable bonds is 5. The molecule has 2 atom stereocenters. The van der Waals surface area contributed by atoms with Gasteiger partial charge in [0.2, 0.25) is 0 Å². The van der Waals surface area contributed by atoms with Gasteiger partial charge < -0.3 is 9.47 Å². The summed E-state index contributed by atoms with van der Waals surface area (Å²) in [6.45, 7) is 1.64. The molecule has 2 aromatic rings. The molecule has 1 N–H and O–H groups in total. The summed E-state index contributed by atoms with van der Waals surface area (Å²) in [5, 5.41) is 0.588. The van der Waals surface area contributed by atoms with Crippen LogP contribution in [0.4, 0.5) is 4.39 Å². The minimum atomic E-state index is -2.66. The van der Waals surface area contributed by atoms with E-state index in [0.717, 1.165) is 6.42 Å². The largest absolute Gasteiger partial charge is 0.494 e. The number of nitrogens with zero attached hydrogens (tertiary/aromatic N) is 2. The lowest BCUT2D eigenvalue weighted by Gasteiger charge is -2.16. The molecule has 0 aliphatic carbocycles. The second-order valence-corrected chi connectivity index (χ2v) is 8.09. The van der Waals surface area contributed by atoms with Gasteiger partial charge >= 0.3 is 0 Å². The van der Waals surface area contributed by atoms with Gasteiger partial charge in [-0.3, -0.25) is 4.98 Å². The zero-order chi connectivity index (χ0) is 17.3. The Hall–Kier alpha value is -1.93. The third-order valence-corrected chi connectivity index (χ3v) is 5.51. The van der Waals surface area contributed by atoms with Crippen molar-refractivity contribution in [3.63, 3.8) is 0 Å². The van der Waals surface area contributed by atoms with Crippen LogP contribution in [0.5, 0.6) is 11.5 Å². The van der Waals surface area contributed by atoms with E-state index in [4.69, 9.17) is 14.3 Å². The van der Waals surface area contributed by atoms with Crippen LogP contribution in [0, 0.1) is 16.5 Å². The van der Waals surface area contributed by atoms with Crippen molar-refractivity contribution in [2.75, 3.05) is 33.1 Å². The number of hydrogen-bond donors (Lipinski definition) is 1. The lowest BCUT2D eigenvalue weighted by atomic mass is 10.1. The van der Waals surface area contributed by atoms with Crippen molar-refractivity contribution in [3.05, 3.63) is 30.2 Å². The summed E-state index contributed by atoms with van der Waals surface area (Å²) in [5.41, 5.74) is 0.599. The summed E-state index contributed by atoms with van der Waals surface area (Å²) in [7, 11) is -1.25. The molecule has 1 fully saturated rings. The molecule has 1 saturated heterocycles. The molecule has 8 heteroatoms. The summed E-state index contributed by atoms with van der Waals surface area (Å²) < 4.78 is 45.9. The van der Waals surface area contributed by atoms with E-state index in [1.165, 1.54) is 19.4 Å². The van der Waals surface area contributed by atoms with E-state index in [1.807, 2.05) is 0 Å². The highest BCUT2D eigenvalue weighted by molar-refractivity contribution is 7.89. The van der Waals surface area contributed by atoms with Crippen molar-refractivity contribution in [2.45, 2.75) is 6.42 Å². The van der Waals surface area contributed by atoms with Crippen molar-refractivity contribution in [1.82, 2.24) is 9.29 Å². The van der Waals surface area contributed by atoms with Crippen LogP contribution in [0.3, 0.4) is 0 Å². The highest BCUT2D eigenvalue weighted by atomic mass is 32.2. The smallest absolute Gasteiger partial charge is 0.165 e. The molecular formula is C16H20FN3O3S. The number of aromatic nitrogens is 1. The highest BCUT2D eigenvalue weighted by Crippen LogP contribution is 2.30. The van der Waals surface area contributed by atoms with Crippen LogP contribution in [-0.2, 0) is 9.92 Å². The second-order valence-electron chi connectivity index (χ2n) is 5.97. The topological polar surface area (TPSA) is 75.5 Å². The van der Waals surface area contributed by atoms with Crippen LogP contribution in [0.25, 0.3) is 10.9 Å². The van der Waals surface area contributed by atoms with E-state index in [9.17, 15) is 8.60 Å². The van der Waals surface area contributed by atoms with E-state index in [0.29, 0.717) is 36.3 Å². The monoisotopic (exact) mass is 353 g/mol. The van der Waals surface area contributed by atoms with E-state index in [1.54, 1.807) is 22.6 Å². The molecule has 0 spiro atoms. The zero-order valence-corrected chi connectivity index (χ0v) is 14.4. The van der Waals surface area contributed by atoms with E-state index < -0.39 is 15.7 Å². The van der Waals surface area contributed by atoms with Crippen molar-refractivity contribution in [1.29, 1.82) is 4.78 Å². The first-order valence-corrected chi connectivity index (χ1v) is 9.54. The Balaban J connectivity index is 1.75. The maximum absolute atomic E-state index is 14.0. The Morgan fingerprint density at radius 3 is 2.92 bits per heavy atom. The molecule has 3 rings (SSSR count). The summed E-state index contributed by atoms with van der Waals surface area (Å²) in [6, 6.07) is 4.61. The molecule has 0 radical (unpaired) electrons. The van der Waals surface area contributed by atoms with Crippen LogP contribution >= 0.6 is 0 Å². The Morgan fingerprint density at radius 1 is 1.46 bits per heavy atom. The molecule has 130 valence electrons. The average Bonchev–Trinajstić information content (AvgIpc) is 3.01. The van der Waals surface area contributed by atoms with E-state index in [-0.39, 0.29) is 11.7 Å². The lowest BCUT2D eigenvalue weighted by Crippen LogP contribution is -2.27. The van der Waals surface area contributed by atoms with Gasteiger partial charge in [0.05, 0.1) is 19.2 Å². The number of ether oxygens (including phenoxy) is 2. The number of fused-ring (bicyclic) bond motifs is 1. The van der Waals surface area contributed by atoms with Gasteiger partial charge in [0.15, 0.2) is 11.6 Å². The molecule has 0 bridgehead atoms. The van der Waals surface area contributed by atoms with Gasteiger partial charge in [-0.1, -0.05) is 0 Å². The molecule has 1 aromatic carbocycles.